The van der Waals surface area contributed by atoms with E-state index in [2.05, 4.69) is 6.92 Å². The Morgan fingerprint density at radius 1 is 1.47 bits per heavy atom. The summed E-state index contributed by atoms with van der Waals surface area (Å²) < 4.78 is 4.74. The fraction of sp³-hybridized carbons (Fsp3) is 0.917. The molecule has 3 heteroatoms. The van der Waals surface area contributed by atoms with Gasteiger partial charge in [-0.3, -0.25) is 4.79 Å². The van der Waals surface area contributed by atoms with Crippen LogP contribution in [0.25, 0.3) is 0 Å². The molecule has 0 heterocycles. The van der Waals surface area contributed by atoms with Gasteiger partial charge in [0.2, 0.25) is 0 Å². The van der Waals surface area contributed by atoms with Gasteiger partial charge in [-0.15, -0.1) is 0 Å². The van der Waals surface area contributed by atoms with Crippen LogP contribution in [0.15, 0.2) is 0 Å². The molecular weight excluding hydrogens is 190 g/mol. The minimum atomic E-state index is -0.115. The highest BCUT2D eigenvalue weighted by Gasteiger charge is 2.35. The first-order valence-electron chi connectivity index (χ1n) is 5.92. The molecule has 0 aliphatic heterocycles. The largest absolute Gasteiger partial charge is 0.469 e. The van der Waals surface area contributed by atoms with Crippen molar-refractivity contribution >= 4 is 5.97 Å². The molecule has 1 aliphatic rings. The standard InChI is InChI=1S/C12H23NO2/c1-3-10-4-6-12(9-13,7-5-10)8-11(14)15-2/h10H,3-9,13H2,1-2H3. The summed E-state index contributed by atoms with van der Waals surface area (Å²) >= 11 is 0. The van der Waals surface area contributed by atoms with Gasteiger partial charge >= 0.3 is 5.97 Å². The van der Waals surface area contributed by atoms with Gasteiger partial charge < -0.3 is 10.5 Å². The molecule has 0 aromatic carbocycles. The van der Waals surface area contributed by atoms with Crippen LogP contribution in [0.4, 0.5) is 0 Å². The molecule has 1 rings (SSSR count). The number of rotatable bonds is 4. The smallest absolute Gasteiger partial charge is 0.306 e. The Kier molecular flexibility index (Phi) is 4.58. The second-order valence-electron chi connectivity index (χ2n) is 4.81. The van der Waals surface area contributed by atoms with Gasteiger partial charge in [0.15, 0.2) is 0 Å². The topological polar surface area (TPSA) is 52.3 Å². The molecule has 88 valence electrons. The monoisotopic (exact) mass is 213 g/mol. The number of methoxy groups -OCH3 is 1. The summed E-state index contributed by atoms with van der Waals surface area (Å²) in [4.78, 5) is 11.3. The number of hydrogen-bond donors (Lipinski definition) is 1. The third kappa shape index (κ3) is 3.20. The molecule has 0 bridgehead atoms. The summed E-state index contributed by atoms with van der Waals surface area (Å²) in [5.41, 5.74) is 5.85. The Hall–Kier alpha value is -0.570. The predicted octanol–water partition coefficient (Wildman–Crippen LogP) is 2.09. The van der Waals surface area contributed by atoms with Gasteiger partial charge in [-0.2, -0.15) is 0 Å². The zero-order chi connectivity index (χ0) is 11.3. The number of nitrogens with two attached hydrogens (primary N) is 1. The fourth-order valence-corrected chi connectivity index (χ4v) is 2.53. The van der Waals surface area contributed by atoms with Gasteiger partial charge in [0, 0.05) is 0 Å². The van der Waals surface area contributed by atoms with E-state index in [1.807, 2.05) is 0 Å². The van der Waals surface area contributed by atoms with Crippen LogP contribution < -0.4 is 5.73 Å². The first-order chi connectivity index (χ1) is 7.15. The van der Waals surface area contributed by atoms with Crippen LogP contribution in [-0.2, 0) is 9.53 Å². The second-order valence-corrected chi connectivity index (χ2v) is 4.81. The molecular formula is C12H23NO2. The molecule has 0 spiro atoms. The van der Waals surface area contributed by atoms with Crippen molar-refractivity contribution in [3.05, 3.63) is 0 Å². The third-order valence-electron chi connectivity index (χ3n) is 3.92. The van der Waals surface area contributed by atoms with Crippen molar-refractivity contribution < 1.29 is 9.53 Å². The Balaban J connectivity index is 2.52. The third-order valence-corrected chi connectivity index (χ3v) is 3.92. The van der Waals surface area contributed by atoms with Crippen LogP contribution in [-0.4, -0.2) is 19.6 Å². The number of esters is 1. The average molecular weight is 213 g/mol. The van der Waals surface area contributed by atoms with E-state index >= 15 is 0 Å². The van der Waals surface area contributed by atoms with E-state index in [0.29, 0.717) is 13.0 Å². The normalized spacial score (nSPS) is 31.3. The van der Waals surface area contributed by atoms with Crippen LogP contribution in [0.2, 0.25) is 0 Å². The van der Waals surface area contributed by atoms with Gasteiger partial charge in [0.1, 0.15) is 0 Å². The maximum absolute atomic E-state index is 11.3. The van der Waals surface area contributed by atoms with Crippen molar-refractivity contribution in [2.45, 2.75) is 45.4 Å². The van der Waals surface area contributed by atoms with Gasteiger partial charge in [-0.05, 0) is 43.6 Å². The summed E-state index contributed by atoms with van der Waals surface area (Å²) in [6.07, 6.45) is 6.33. The van der Waals surface area contributed by atoms with Crippen LogP contribution in [0.1, 0.15) is 45.4 Å². The quantitative estimate of drug-likeness (QED) is 0.727. The minimum Gasteiger partial charge on any atom is -0.469 e. The molecule has 2 N–H and O–H groups in total. The lowest BCUT2D eigenvalue weighted by Gasteiger charge is -2.38. The first-order valence-corrected chi connectivity index (χ1v) is 5.92. The van der Waals surface area contributed by atoms with E-state index in [-0.39, 0.29) is 11.4 Å². The Labute approximate surface area is 92.4 Å². The highest BCUT2D eigenvalue weighted by atomic mass is 16.5. The van der Waals surface area contributed by atoms with Crippen LogP contribution in [0.5, 0.6) is 0 Å². The summed E-state index contributed by atoms with van der Waals surface area (Å²) in [6.45, 7) is 2.85. The fourth-order valence-electron chi connectivity index (χ4n) is 2.53. The minimum absolute atomic E-state index is 0.0266. The zero-order valence-electron chi connectivity index (χ0n) is 9.92. The van der Waals surface area contributed by atoms with Gasteiger partial charge in [0.25, 0.3) is 0 Å². The highest BCUT2D eigenvalue weighted by Crippen LogP contribution is 2.41. The molecule has 0 unspecified atom stereocenters. The van der Waals surface area contributed by atoms with Crippen molar-refractivity contribution in [1.82, 2.24) is 0 Å². The first kappa shape index (κ1) is 12.5. The molecule has 3 nitrogen and oxygen atoms in total. The van der Waals surface area contributed by atoms with Gasteiger partial charge in [0.05, 0.1) is 13.5 Å². The predicted molar refractivity (Wildman–Crippen MR) is 60.4 cm³/mol. The van der Waals surface area contributed by atoms with Crippen molar-refractivity contribution in [2.24, 2.45) is 17.1 Å². The number of carbonyl (C=O) groups excluding carboxylic acids is 1. The van der Waals surface area contributed by atoms with E-state index in [1.165, 1.54) is 26.4 Å². The average Bonchev–Trinajstić information content (AvgIpc) is 2.30. The number of ether oxygens (including phenoxy) is 1. The van der Waals surface area contributed by atoms with E-state index in [4.69, 9.17) is 10.5 Å². The lowest BCUT2D eigenvalue weighted by atomic mass is 9.68. The van der Waals surface area contributed by atoms with Gasteiger partial charge in [-0.1, -0.05) is 13.3 Å². The van der Waals surface area contributed by atoms with Gasteiger partial charge in [-0.25, -0.2) is 0 Å². The van der Waals surface area contributed by atoms with Crippen molar-refractivity contribution in [1.29, 1.82) is 0 Å². The van der Waals surface area contributed by atoms with Crippen LogP contribution >= 0.6 is 0 Å². The van der Waals surface area contributed by atoms with Crippen molar-refractivity contribution in [2.75, 3.05) is 13.7 Å². The second kappa shape index (κ2) is 5.50. The van der Waals surface area contributed by atoms with E-state index in [0.717, 1.165) is 18.8 Å². The molecule has 1 fully saturated rings. The van der Waals surface area contributed by atoms with E-state index < -0.39 is 0 Å². The summed E-state index contributed by atoms with van der Waals surface area (Å²) in [5.74, 6) is 0.720. The summed E-state index contributed by atoms with van der Waals surface area (Å²) in [7, 11) is 1.45. The molecule has 0 amide bonds. The summed E-state index contributed by atoms with van der Waals surface area (Å²) in [5, 5.41) is 0. The molecule has 0 saturated heterocycles. The van der Waals surface area contributed by atoms with Crippen molar-refractivity contribution in [3.63, 3.8) is 0 Å². The molecule has 0 radical (unpaired) electrons. The molecule has 1 saturated carbocycles. The van der Waals surface area contributed by atoms with E-state index in [1.54, 1.807) is 0 Å². The van der Waals surface area contributed by atoms with Crippen molar-refractivity contribution in [3.8, 4) is 0 Å². The SMILES string of the molecule is CCC1CCC(CN)(CC(=O)OC)CC1. The zero-order valence-corrected chi connectivity index (χ0v) is 9.92. The lowest BCUT2D eigenvalue weighted by Crippen LogP contribution is -2.37. The van der Waals surface area contributed by atoms with Crippen LogP contribution in [0, 0.1) is 11.3 Å². The molecule has 0 aromatic rings. The Morgan fingerprint density at radius 3 is 2.47 bits per heavy atom. The Morgan fingerprint density at radius 2 is 2.07 bits per heavy atom. The summed E-state index contributed by atoms with van der Waals surface area (Å²) in [6, 6.07) is 0. The highest BCUT2D eigenvalue weighted by molar-refractivity contribution is 5.70. The number of carbonyl (C=O) groups is 1. The van der Waals surface area contributed by atoms with Crippen LogP contribution in [0.3, 0.4) is 0 Å². The lowest BCUT2D eigenvalue weighted by molar-refractivity contribution is -0.144. The maximum Gasteiger partial charge on any atom is 0.306 e. The Bertz CT molecular complexity index is 208. The number of hydrogen-bond acceptors (Lipinski definition) is 3. The van der Waals surface area contributed by atoms with E-state index in [9.17, 15) is 4.79 Å². The maximum atomic E-state index is 11.3. The molecule has 15 heavy (non-hydrogen) atoms. The molecule has 0 atom stereocenters. The molecule has 1 aliphatic carbocycles. The molecule has 0 aromatic heterocycles.